The van der Waals surface area contributed by atoms with Crippen molar-refractivity contribution >= 4 is 12.1 Å². The Bertz CT molecular complexity index is 809. The van der Waals surface area contributed by atoms with Gasteiger partial charge in [0, 0.05) is 6.42 Å². The predicted octanol–water partition coefficient (Wildman–Crippen LogP) is 4.42. The summed E-state index contributed by atoms with van der Waals surface area (Å²) in [6.07, 6.45) is -1.33. The number of ether oxygens (including phenoxy) is 2. The van der Waals surface area contributed by atoms with Crippen LogP contribution in [0.4, 0.5) is 9.18 Å². The lowest BCUT2D eigenvalue weighted by Crippen LogP contribution is -2.54. The Kier molecular flexibility index (Phi) is 7.15. The molecule has 1 N–H and O–H groups in total. The van der Waals surface area contributed by atoms with E-state index in [0.717, 1.165) is 5.56 Å². The predicted molar refractivity (Wildman–Crippen MR) is 104 cm³/mol. The van der Waals surface area contributed by atoms with E-state index in [-0.39, 0.29) is 12.3 Å². The van der Waals surface area contributed by atoms with Crippen LogP contribution in [0, 0.1) is 11.7 Å². The molecule has 0 spiro atoms. The molecule has 0 radical (unpaired) electrons. The number of carbonyl (C=O) groups is 2. The van der Waals surface area contributed by atoms with Gasteiger partial charge in [0.15, 0.2) is 0 Å². The largest absolute Gasteiger partial charge is 0.467 e. The molecule has 6 heteroatoms. The number of esters is 1. The van der Waals surface area contributed by atoms with E-state index in [2.05, 4.69) is 5.32 Å². The van der Waals surface area contributed by atoms with Crippen LogP contribution in [0.25, 0.3) is 0 Å². The van der Waals surface area contributed by atoms with Crippen molar-refractivity contribution in [2.75, 3.05) is 7.11 Å². The van der Waals surface area contributed by atoms with E-state index in [0.29, 0.717) is 5.56 Å². The summed E-state index contributed by atoms with van der Waals surface area (Å²) in [4.78, 5) is 25.0. The highest BCUT2D eigenvalue weighted by Gasteiger charge is 2.38. The van der Waals surface area contributed by atoms with Crippen molar-refractivity contribution in [3.8, 4) is 0 Å². The number of nitrogens with one attached hydrogen (secondary N) is 1. The standard InChI is InChI=1S/C22H26FNO4/c1-15(2)19(16-10-6-5-7-11-16)28-21(26)24-22(3,20(25)27-4)14-17-12-8-9-13-18(17)23/h5-13,15,19H,14H2,1-4H3,(H,24,26)/t19-,22+/m0/s1. The van der Waals surface area contributed by atoms with Crippen LogP contribution in [-0.2, 0) is 20.7 Å². The molecule has 0 aliphatic carbocycles. The first-order chi connectivity index (χ1) is 13.3. The Labute approximate surface area is 164 Å². The summed E-state index contributed by atoms with van der Waals surface area (Å²) in [5.41, 5.74) is -0.340. The van der Waals surface area contributed by atoms with E-state index in [1.54, 1.807) is 18.2 Å². The third-order valence-corrected chi connectivity index (χ3v) is 4.48. The van der Waals surface area contributed by atoms with Crippen LogP contribution in [0.5, 0.6) is 0 Å². The first kappa shape index (κ1) is 21.4. The molecule has 0 heterocycles. The van der Waals surface area contributed by atoms with Crippen LogP contribution >= 0.6 is 0 Å². The Morgan fingerprint density at radius 1 is 1.07 bits per heavy atom. The van der Waals surface area contributed by atoms with Crippen molar-refractivity contribution in [3.05, 3.63) is 71.5 Å². The molecule has 150 valence electrons. The van der Waals surface area contributed by atoms with Crippen LogP contribution in [-0.4, -0.2) is 24.7 Å². The molecule has 1 amide bonds. The number of methoxy groups -OCH3 is 1. The highest BCUT2D eigenvalue weighted by molar-refractivity contribution is 5.85. The zero-order chi connectivity index (χ0) is 20.7. The molecule has 5 nitrogen and oxygen atoms in total. The van der Waals surface area contributed by atoms with Crippen LogP contribution in [0.2, 0.25) is 0 Å². The van der Waals surface area contributed by atoms with Gasteiger partial charge in [-0.15, -0.1) is 0 Å². The molecule has 2 aromatic carbocycles. The zero-order valence-electron chi connectivity index (χ0n) is 16.6. The summed E-state index contributed by atoms with van der Waals surface area (Å²) in [6, 6.07) is 15.4. The highest BCUT2D eigenvalue weighted by atomic mass is 19.1. The van der Waals surface area contributed by atoms with Crippen molar-refractivity contribution in [3.63, 3.8) is 0 Å². The zero-order valence-corrected chi connectivity index (χ0v) is 16.6. The fraction of sp³-hybridized carbons (Fsp3) is 0.364. The number of hydrogen-bond acceptors (Lipinski definition) is 4. The number of carbonyl (C=O) groups excluding carboxylic acids is 2. The van der Waals surface area contributed by atoms with Gasteiger partial charge in [0.1, 0.15) is 17.5 Å². The third kappa shape index (κ3) is 5.31. The first-order valence-electron chi connectivity index (χ1n) is 9.12. The second kappa shape index (κ2) is 9.35. The van der Waals surface area contributed by atoms with Gasteiger partial charge in [-0.05, 0) is 30.0 Å². The molecule has 28 heavy (non-hydrogen) atoms. The Morgan fingerprint density at radius 2 is 1.68 bits per heavy atom. The SMILES string of the molecule is COC(=O)[C@@](C)(Cc1ccccc1F)NC(=O)O[C@H](c1ccccc1)C(C)C. The van der Waals surface area contributed by atoms with Gasteiger partial charge in [-0.2, -0.15) is 0 Å². The second-order valence-electron chi connectivity index (χ2n) is 7.20. The molecule has 0 fully saturated rings. The molecule has 2 rings (SSSR count). The van der Waals surface area contributed by atoms with Gasteiger partial charge >= 0.3 is 12.1 Å². The summed E-state index contributed by atoms with van der Waals surface area (Å²) in [5.74, 6) is -1.13. The summed E-state index contributed by atoms with van der Waals surface area (Å²) in [5, 5.41) is 2.57. The smallest absolute Gasteiger partial charge is 0.408 e. The molecule has 2 atom stereocenters. The monoisotopic (exact) mass is 387 g/mol. The summed E-state index contributed by atoms with van der Waals surface area (Å²) < 4.78 is 24.5. The van der Waals surface area contributed by atoms with E-state index >= 15 is 0 Å². The molecule has 2 aromatic rings. The quantitative estimate of drug-likeness (QED) is 0.714. The van der Waals surface area contributed by atoms with E-state index in [4.69, 9.17) is 9.47 Å². The molecule has 0 saturated carbocycles. The lowest BCUT2D eigenvalue weighted by atomic mass is 9.92. The van der Waals surface area contributed by atoms with Gasteiger partial charge in [0.05, 0.1) is 7.11 Å². The molecule has 0 aliphatic heterocycles. The summed E-state index contributed by atoms with van der Waals surface area (Å²) in [7, 11) is 1.22. The molecule has 0 unspecified atom stereocenters. The average Bonchev–Trinajstić information content (AvgIpc) is 2.67. The molecule has 0 aromatic heterocycles. The van der Waals surface area contributed by atoms with Gasteiger partial charge in [-0.1, -0.05) is 62.4 Å². The van der Waals surface area contributed by atoms with Crippen molar-refractivity contribution in [2.45, 2.75) is 38.8 Å². The average molecular weight is 387 g/mol. The maximum atomic E-state index is 14.1. The van der Waals surface area contributed by atoms with E-state index in [1.807, 2.05) is 44.2 Å². The van der Waals surface area contributed by atoms with Gasteiger partial charge in [-0.3, -0.25) is 0 Å². The van der Waals surface area contributed by atoms with E-state index in [1.165, 1.54) is 20.1 Å². The number of rotatable bonds is 7. The normalized spacial score (nSPS) is 14.1. The Morgan fingerprint density at radius 3 is 2.25 bits per heavy atom. The van der Waals surface area contributed by atoms with Gasteiger partial charge in [0.25, 0.3) is 0 Å². The minimum Gasteiger partial charge on any atom is -0.467 e. The number of benzene rings is 2. The fourth-order valence-electron chi connectivity index (χ4n) is 3.02. The van der Waals surface area contributed by atoms with Crippen LogP contribution < -0.4 is 5.32 Å². The Balaban J connectivity index is 2.20. The fourth-order valence-corrected chi connectivity index (χ4v) is 3.02. The van der Waals surface area contributed by atoms with Crippen molar-refractivity contribution < 1.29 is 23.5 Å². The lowest BCUT2D eigenvalue weighted by Gasteiger charge is -2.30. The summed E-state index contributed by atoms with van der Waals surface area (Å²) >= 11 is 0. The highest BCUT2D eigenvalue weighted by Crippen LogP contribution is 2.26. The minimum absolute atomic E-state index is 0.0177. The number of hydrogen-bond donors (Lipinski definition) is 1. The first-order valence-corrected chi connectivity index (χ1v) is 9.12. The van der Waals surface area contributed by atoms with E-state index in [9.17, 15) is 14.0 Å². The summed E-state index contributed by atoms with van der Waals surface area (Å²) in [6.45, 7) is 5.35. The number of amides is 1. The van der Waals surface area contributed by atoms with Crippen molar-refractivity contribution in [1.29, 1.82) is 0 Å². The number of alkyl carbamates (subject to hydrolysis) is 1. The maximum Gasteiger partial charge on any atom is 0.408 e. The Hall–Kier alpha value is -2.89. The van der Waals surface area contributed by atoms with Gasteiger partial charge < -0.3 is 14.8 Å². The number of halogens is 1. The maximum absolute atomic E-state index is 14.1. The lowest BCUT2D eigenvalue weighted by molar-refractivity contribution is -0.147. The van der Waals surface area contributed by atoms with Gasteiger partial charge in [0.2, 0.25) is 0 Å². The topological polar surface area (TPSA) is 64.6 Å². The van der Waals surface area contributed by atoms with Crippen molar-refractivity contribution in [1.82, 2.24) is 5.32 Å². The third-order valence-electron chi connectivity index (χ3n) is 4.48. The van der Waals surface area contributed by atoms with Gasteiger partial charge in [-0.25, -0.2) is 14.0 Å². The van der Waals surface area contributed by atoms with Crippen LogP contribution in [0.3, 0.4) is 0 Å². The minimum atomic E-state index is -1.48. The molecular weight excluding hydrogens is 361 g/mol. The molecule has 0 saturated heterocycles. The molecule has 0 bridgehead atoms. The van der Waals surface area contributed by atoms with Crippen LogP contribution in [0.1, 0.15) is 38.0 Å². The van der Waals surface area contributed by atoms with Crippen LogP contribution in [0.15, 0.2) is 54.6 Å². The second-order valence-corrected chi connectivity index (χ2v) is 7.20. The molecular formula is C22H26FNO4. The molecule has 0 aliphatic rings. The van der Waals surface area contributed by atoms with E-state index < -0.39 is 29.5 Å². The van der Waals surface area contributed by atoms with Crippen molar-refractivity contribution in [2.24, 2.45) is 5.92 Å².